The Morgan fingerprint density at radius 2 is 2.00 bits per heavy atom. The molecular formula is C16H21NO2. The van der Waals surface area contributed by atoms with E-state index in [9.17, 15) is 9.90 Å². The third-order valence-electron chi connectivity index (χ3n) is 3.61. The number of aliphatic hydroxyl groups excluding tert-OH is 1. The van der Waals surface area contributed by atoms with Crippen LogP contribution in [0.1, 0.15) is 24.0 Å². The van der Waals surface area contributed by atoms with Crippen molar-refractivity contribution in [1.29, 1.82) is 0 Å². The van der Waals surface area contributed by atoms with Gasteiger partial charge in [-0.2, -0.15) is 0 Å². The van der Waals surface area contributed by atoms with Gasteiger partial charge in [-0.25, -0.2) is 0 Å². The van der Waals surface area contributed by atoms with E-state index in [0.29, 0.717) is 5.92 Å². The Morgan fingerprint density at radius 1 is 1.37 bits per heavy atom. The van der Waals surface area contributed by atoms with E-state index in [-0.39, 0.29) is 12.0 Å². The molecule has 1 fully saturated rings. The molecule has 3 heteroatoms. The summed E-state index contributed by atoms with van der Waals surface area (Å²) in [6.45, 7) is 2.77. The molecule has 2 rings (SSSR count). The molecule has 1 N–H and O–H groups in total. The lowest BCUT2D eigenvalue weighted by Crippen LogP contribution is -2.38. The van der Waals surface area contributed by atoms with Gasteiger partial charge in [-0.05, 0) is 37.3 Å². The summed E-state index contributed by atoms with van der Waals surface area (Å²) in [5.41, 5.74) is 2.25. The Bertz CT molecular complexity index is 458. The molecule has 0 saturated heterocycles. The minimum absolute atomic E-state index is 0.0157. The highest BCUT2D eigenvalue weighted by atomic mass is 16.3. The van der Waals surface area contributed by atoms with E-state index >= 15 is 0 Å². The molecule has 0 bridgehead atoms. The number of hydrogen-bond acceptors (Lipinski definition) is 2. The lowest BCUT2D eigenvalue weighted by molar-refractivity contribution is -0.126. The summed E-state index contributed by atoms with van der Waals surface area (Å²) in [6.07, 6.45) is 4.93. The average Bonchev–Trinajstić information content (AvgIpc) is 2.35. The second kappa shape index (κ2) is 6.02. The van der Waals surface area contributed by atoms with E-state index in [1.807, 2.05) is 44.3 Å². The highest BCUT2D eigenvalue weighted by Gasteiger charge is 2.28. The number of aryl methyl sites for hydroxylation is 1. The maximum Gasteiger partial charge on any atom is 0.246 e. The van der Waals surface area contributed by atoms with E-state index in [4.69, 9.17) is 0 Å². The van der Waals surface area contributed by atoms with Gasteiger partial charge in [-0.1, -0.05) is 29.8 Å². The maximum atomic E-state index is 11.9. The smallest absolute Gasteiger partial charge is 0.246 e. The first-order valence-electron chi connectivity index (χ1n) is 6.72. The fourth-order valence-electron chi connectivity index (χ4n) is 2.30. The van der Waals surface area contributed by atoms with E-state index in [0.717, 1.165) is 24.9 Å². The normalized spacial score (nSPS) is 22.3. The van der Waals surface area contributed by atoms with Gasteiger partial charge in [0.2, 0.25) is 5.91 Å². The van der Waals surface area contributed by atoms with Crippen LogP contribution in [0.3, 0.4) is 0 Å². The molecule has 0 heterocycles. The zero-order chi connectivity index (χ0) is 13.8. The van der Waals surface area contributed by atoms with Gasteiger partial charge in [-0.15, -0.1) is 0 Å². The highest BCUT2D eigenvalue weighted by Crippen LogP contribution is 2.27. The number of benzene rings is 1. The molecule has 0 spiro atoms. The quantitative estimate of drug-likeness (QED) is 0.842. The zero-order valence-corrected chi connectivity index (χ0v) is 11.5. The van der Waals surface area contributed by atoms with Gasteiger partial charge >= 0.3 is 0 Å². The van der Waals surface area contributed by atoms with Crippen molar-refractivity contribution in [2.24, 2.45) is 5.92 Å². The molecule has 1 aliphatic carbocycles. The molecule has 1 amide bonds. The number of hydrogen-bond donors (Lipinski definition) is 1. The molecule has 102 valence electrons. The first-order valence-corrected chi connectivity index (χ1v) is 6.72. The second-order valence-corrected chi connectivity index (χ2v) is 5.45. The molecule has 3 nitrogen and oxygen atoms in total. The SMILES string of the molecule is Cc1ccc(C=CC(=O)N(C)CC2CC(O)C2)cc1. The first-order chi connectivity index (χ1) is 9.04. The molecule has 1 aromatic rings. The van der Waals surface area contributed by atoms with Crippen LogP contribution in [-0.2, 0) is 4.79 Å². The number of nitrogens with zero attached hydrogens (tertiary/aromatic N) is 1. The molecule has 0 atom stereocenters. The molecule has 1 saturated carbocycles. The number of likely N-dealkylation sites (N-methyl/N-ethyl adjacent to an activating group) is 1. The minimum atomic E-state index is -0.156. The van der Waals surface area contributed by atoms with E-state index in [1.165, 1.54) is 5.56 Å². The second-order valence-electron chi connectivity index (χ2n) is 5.45. The Kier molecular flexibility index (Phi) is 4.38. The predicted molar refractivity (Wildman–Crippen MR) is 76.6 cm³/mol. The van der Waals surface area contributed by atoms with Crippen molar-refractivity contribution in [1.82, 2.24) is 4.90 Å². The average molecular weight is 259 g/mol. The van der Waals surface area contributed by atoms with Crippen LogP contribution in [0.4, 0.5) is 0 Å². The van der Waals surface area contributed by atoms with Crippen LogP contribution < -0.4 is 0 Å². The van der Waals surface area contributed by atoms with Crippen LogP contribution in [0.25, 0.3) is 6.08 Å². The van der Waals surface area contributed by atoms with Crippen LogP contribution >= 0.6 is 0 Å². The molecule has 0 aromatic heterocycles. The Hall–Kier alpha value is -1.61. The van der Waals surface area contributed by atoms with Crippen molar-refractivity contribution >= 4 is 12.0 Å². The van der Waals surface area contributed by atoms with Gasteiger partial charge in [0.15, 0.2) is 0 Å². The number of carbonyl (C=O) groups excluding carboxylic acids is 1. The van der Waals surface area contributed by atoms with Crippen molar-refractivity contribution in [3.05, 3.63) is 41.5 Å². The van der Waals surface area contributed by atoms with Gasteiger partial charge in [0.1, 0.15) is 0 Å². The number of amides is 1. The standard InChI is InChI=1S/C16H21NO2/c1-12-3-5-13(6-4-12)7-8-16(19)17(2)11-14-9-15(18)10-14/h3-8,14-15,18H,9-11H2,1-2H3. The summed E-state index contributed by atoms with van der Waals surface area (Å²) in [6, 6.07) is 8.07. The van der Waals surface area contributed by atoms with Crippen molar-refractivity contribution in [2.45, 2.75) is 25.9 Å². The first kappa shape index (κ1) is 13.8. The van der Waals surface area contributed by atoms with Crippen molar-refractivity contribution < 1.29 is 9.90 Å². The summed E-state index contributed by atoms with van der Waals surface area (Å²) >= 11 is 0. The van der Waals surface area contributed by atoms with E-state index in [2.05, 4.69) is 0 Å². The van der Waals surface area contributed by atoms with Crippen LogP contribution in [0.15, 0.2) is 30.3 Å². The molecule has 19 heavy (non-hydrogen) atoms. The van der Waals surface area contributed by atoms with Crippen LogP contribution in [0.5, 0.6) is 0 Å². The molecular weight excluding hydrogens is 238 g/mol. The van der Waals surface area contributed by atoms with Crippen molar-refractivity contribution in [3.63, 3.8) is 0 Å². The fourth-order valence-corrected chi connectivity index (χ4v) is 2.30. The monoisotopic (exact) mass is 259 g/mol. The van der Waals surface area contributed by atoms with Gasteiger partial charge in [-0.3, -0.25) is 4.79 Å². The molecule has 0 unspecified atom stereocenters. The van der Waals surface area contributed by atoms with Crippen LogP contribution in [0, 0.1) is 12.8 Å². The van der Waals surface area contributed by atoms with Crippen LogP contribution in [-0.4, -0.2) is 35.6 Å². The van der Waals surface area contributed by atoms with Crippen molar-refractivity contribution in [3.8, 4) is 0 Å². The summed E-state index contributed by atoms with van der Waals surface area (Å²) in [5, 5.41) is 9.23. The maximum absolute atomic E-state index is 11.9. The zero-order valence-electron chi connectivity index (χ0n) is 11.5. The Labute approximate surface area is 114 Å². The van der Waals surface area contributed by atoms with Crippen LogP contribution in [0.2, 0.25) is 0 Å². The molecule has 1 aromatic carbocycles. The number of aliphatic hydroxyl groups is 1. The number of rotatable bonds is 4. The molecule has 0 radical (unpaired) electrons. The third-order valence-corrected chi connectivity index (χ3v) is 3.61. The Balaban J connectivity index is 1.84. The highest BCUT2D eigenvalue weighted by molar-refractivity contribution is 5.91. The summed E-state index contributed by atoms with van der Waals surface area (Å²) in [4.78, 5) is 13.6. The lowest BCUT2D eigenvalue weighted by atomic mass is 9.82. The van der Waals surface area contributed by atoms with Gasteiger partial charge in [0.05, 0.1) is 6.10 Å². The van der Waals surface area contributed by atoms with Gasteiger partial charge < -0.3 is 10.0 Å². The largest absolute Gasteiger partial charge is 0.393 e. The fraction of sp³-hybridized carbons (Fsp3) is 0.438. The Morgan fingerprint density at radius 3 is 2.58 bits per heavy atom. The molecule has 1 aliphatic rings. The van der Waals surface area contributed by atoms with Gasteiger partial charge in [0.25, 0.3) is 0 Å². The number of carbonyl (C=O) groups is 1. The van der Waals surface area contributed by atoms with Crippen molar-refractivity contribution in [2.75, 3.05) is 13.6 Å². The third kappa shape index (κ3) is 3.93. The van der Waals surface area contributed by atoms with Gasteiger partial charge in [0, 0.05) is 19.7 Å². The molecule has 0 aliphatic heterocycles. The summed E-state index contributed by atoms with van der Waals surface area (Å²) in [5.74, 6) is 0.471. The minimum Gasteiger partial charge on any atom is -0.393 e. The lowest BCUT2D eigenvalue weighted by Gasteiger charge is -2.34. The summed E-state index contributed by atoms with van der Waals surface area (Å²) in [7, 11) is 1.81. The predicted octanol–water partition coefficient (Wildman–Crippen LogP) is 2.24. The summed E-state index contributed by atoms with van der Waals surface area (Å²) < 4.78 is 0. The topological polar surface area (TPSA) is 40.5 Å². The van der Waals surface area contributed by atoms with E-state index in [1.54, 1.807) is 11.0 Å². The van der Waals surface area contributed by atoms with E-state index < -0.39 is 0 Å².